The number of hydrogen-bond donors (Lipinski definition) is 2. The van der Waals surface area contributed by atoms with Gasteiger partial charge < -0.3 is 16.0 Å². The van der Waals surface area contributed by atoms with Crippen molar-refractivity contribution in [2.45, 2.75) is 50.6 Å². The lowest BCUT2D eigenvalue weighted by Crippen LogP contribution is -2.61. The highest BCUT2D eigenvalue weighted by Gasteiger charge is 2.35. The van der Waals surface area contributed by atoms with Gasteiger partial charge in [-0.15, -0.1) is 11.3 Å². The molecule has 0 amide bonds. The van der Waals surface area contributed by atoms with Gasteiger partial charge in [-0.1, -0.05) is 0 Å². The van der Waals surface area contributed by atoms with Crippen molar-refractivity contribution >= 4 is 33.3 Å². The minimum absolute atomic E-state index is 0.433. The third kappa shape index (κ3) is 1.86. The lowest BCUT2D eigenvalue weighted by Gasteiger charge is -2.46. The normalized spacial score (nSPS) is 27.4. The molecule has 0 aromatic carbocycles. The molecule has 6 heteroatoms. The van der Waals surface area contributed by atoms with Crippen LogP contribution in [0, 0.1) is 0 Å². The molecule has 0 radical (unpaired) electrons. The number of anilines is 2. The van der Waals surface area contributed by atoms with Crippen LogP contribution >= 0.6 is 11.3 Å². The number of nitrogens with one attached hydrogen (secondary N) is 1. The molecule has 4 aliphatic rings. The summed E-state index contributed by atoms with van der Waals surface area (Å²) in [4.78, 5) is 13.3. The van der Waals surface area contributed by atoms with Gasteiger partial charge in [0.05, 0.1) is 10.2 Å². The van der Waals surface area contributed by atoms with Gasteiger partial charge in [-0.2, -0.15) is 4.98 Å². The summed E-state index contributed by atoms with van der Waals surface area (Å²) in [6, 6.07) is 1.16. The number of thiophene rings is 1. The number of piperidine rings is 2. The van der Waals surface area contributed by atoms with E-state index in [0.29, 0.717) is 18.0 Å². The van der Waals surface area contributed by atoms with Gasteiger partial charge in [0.2, 0.25) is 5.95 Å². The molecule has 2 aromatic heterocycles. The van der Waals surface area contributed by atoms with E-state index >= 15 is 0 Å². The fraction of sp³-hybridized carbons (Fsp3) is 0.625. The number of rotatable bonds is 1. The number of nitrogen functional groups attached to an aromatic ring is 1. The van der Waals surface area contributed by atoms with Crippen molar-refractivity contribution in [2.24, 2.45) is 0 Å². The van der Waals surface area contributed by atoms with Crippen LogP contribution in [-0.2, 0) is 12.8 Å². The smallest absolute Gasteiger partial charge is 0.222 e. The zero-order chi connectivity index (χ0) is 14.7. The van der Waals surface area contributed by atoms with Crippen LogP contribution in [0.4, 0.5) is 11.8 Å². The van der Waals surface area contributed by atoms with E-state index in [1.54, 1.807) is 0 Å². The predicted octanol–water partition coefficient (Wildman–Crippen LogP) is 2.09. The number of aryl methyl sites for hydroxylation is 2. The van der Waals surface area contributed by atoms with Crippen LogP contribution in [-0.4, -0.2) is 35.1 Å². The molecule has 0 saturated carbocycles. The van der Waals surface area contributed by atoms with Gasteiger partial charge in [0, 0.05) is 30.1 Å². The van der Waals surface area contributed by atoms with E-state index in [-0.39, 0.29) is 0 Å². The van der Waals surface area contributed by atoms with Crippen molar-refractivity contribution in [3.63, 3.8) is 0 Å². The number of nitrogens with two attached hydrogens (primary N) is 1. The minimum atomic E-state index is 0.433. The fourth-order valence-corrected chi connectivity index (χ4v) is 5.62. The van der Waals surface area contributed by atoms with Gasteiger partial charge in [-0.05, 0) is 44.1 Å². The van der Waals surface area contributed by atoms with Crippen LogP contribution < -0.4 is 16.0 Å². The molecular formula is C16H21N5S. The Balaban J connectivity index is 1.68. The van der Waals surface area contributed by atoms with Crippen LogP contribution in [0.25, 0.3) is 10.2 Å². The first-order valence-electron chi connectivity index (χ1n) is 8.37. The highest BCUT2D eigenvalue weighted by molar-refractivity contribution is 7.19. The van der Waals surface area contributed by atoms with Crippen molar-refractivity contribution in [1.82, 2.24) is 15.3 Å². The molecule has 3 fully saturated rings. The zero-order valence-corrected chi connectivity index (χ0v) is 13.5. The Morgan fingerprint density at radius 1 is 1.18 bits per heavy atom. The first-order valence-corrected chi connectivity index (χ1v) is 9.19. The van der Waals surface area contributed by atoms with E-state index in [9.17, 15) is 0 Å². The first kappa shape index (κ1) is 13.1. The summed E-state index contributed by atoms with van der Waals surface area (Å²) in [6.45, 7) is 2.12. The summed E-state index contributed by atoms with van der Waals surface area (Å²) in [5.41, 5.74) is 8.64. The molecular weight excluding hydrogens is 294 g/mol. The highest BCUT2D eigenvalue weighted by Crippen LogP contribution is 2.41. The maximum absolute atomic E-state index is 6.06. The fourth-order valence-electron chi connectivity index (χ4n) is 4.28. The van der Waals surface area contributed by atoms with E-state index in [0.717, 1.165) is 30.8 Å². The number of aromatic nitrogens is 2. The molecule has 0 unspecified atom stereocenters. The topological polar surface area (TPSA) is 67.1 Å². The number of piperazine rings is 1. The Morgan fingerprint density at radius 3 is 2.86 bits per heavy atom. The van der Waals surface area contributed by atoms with Gasteiger partial charge >= 0.3 is 0 Å². The van der Waals surface area contributed by atoms with Crippen LogP contribution in [0.1, 0.15) is 36.1 Å². The van der Waals surface area contributed by atoms with Crippen LogP contribution in [0.15, 0.2) is 0 Å². The summed E-state index contributed by atoms with van der Waals surface area (Å²) >= 11 is 1.91. The van der Waals surface area contributed by atoms with E-state index < -0.39 is 0 Å². The monoisotopic (exact) mass is 315 g/mol. The largest absolute Gasteiger partial charge is 0.368 e. The molecule has 116 valence electrons. The Morgan fingerprint density at radius 2 is 2.09 bits per heavy atom. The van der Waals surface area contributed by atoms with Crippen molar-refractivity contribution in [2.75, 3.05) is 23.7 Å². The number of fused-ring (bicyclic) bond motifs is 6. The molecule has 1 aliphatic carbocycles. The van der Waals surface area contributed by atoms with E-state index in [4.69, 9.17) is 5.73 Å². The molecule has 2 aromatic rings. The van der Waals surface area contributed by atoms with E-state index in [1.807, 2.05) is 11.3 Å². The van der Waals surface area contributed by atoms with Crippen molar-refractivity contribution in [3.05, 3.63) is 10.4 Å². The molecule has 22 heavy (non-hydrogen) atoms. The second-order valence-electron chi connectivity index (χ2n) is 6.78. The van der Waals surface area contributed by atoms with Gasteiger partial charge in [-0.3, -0.25) is 0 Å². The lowest BCUT2D eigenvalue weighted by atomic mass is 9.93. The van der Waals surface area contributed by atoms with Crippen LogP contribution in [0.3, 0.4) is 0 Å². The van der Waals surface area contributed by atoms with Crippen LogP contribution in [0.2, 0.25) is 0 Å². The van der Waals surface area contributed by atoms with Gasteiger partial charge in [0.15, 0.2) is 5.82 Å². The summed E-state index contributed by atoms with van der Waals surface area (Å²) in [5, 5.41) is 3.62. The second kappa shape index (κ2) is 4.80. The maximum Gasteiger partial charge on any atom is 0.222 e. The molecule has 3 aliphatic heterocycles. The standard InChI is InChI=1S/C16H21N5S/c17-16-19-13-11-3-1-2-4-12(11)22-14(13)15(20-16)21-8-9-5-6-10(21)7-18-9/h9-10,18H,1-8H2,(H2,17,19,20)/t9-,10-/m0/s1. The molecule has 3 saturated heterocycles. The molecule has 0 spiro atoms. The maximum atomic E-state index is 6.06. The quantitative estimate of drug-likeness (QED) is 0.843. The predicted molar refractivity (Wildman–Crippen MR) is 90.6 cm³/mol. The summed E-state index contributed by atoms with van der Waals surface area (Å²) in [6.07, 6.45) is 7.47. The van der Waals surface area contributed by atoms with Gasteiger partial charge in [0.1, 0.15) is 0 Å². The Bertz CT molecular complexity index is 732. The molecule has 3 N–H and O–H groups in total. The Labute approximate surface area is 133 Å². The zero-order valence-electron chi connectivity index (χ0n) is 12.6. The minimum Gasteiger partial charge on any atom is -0.368 e. The SMILES string of the molecule is Nc1nc(N2C[C@@H]3CC[C@H]2CN3)c2sc3c(c2n1)CCCC3. The van der Waals surface area contributed by atoms with Gasteiger partial charge in [-0.25, -0.2) is 4.98 Å². The molecule has 5 nitrogen and oxygen atoms in total. The summed E-state index contributed by atoms with van der Waals surface area (Å²) in [7, 11) is 0. The second-order valence-corrected chi connectivity index (χ2v) is 7.89. The molecule has 5 heterocycles. The third-order valence-electron chi connectivity index (χ3n) is 5.41. The molecule has 2 bridgehead atoms. The van der Waals surface area contributed by atoms with Crippen LogP contribution in [0.5, 0.6) is 0 Å². The Hall–Kier alpha value is -1.40. The van der Waals surface area contributed by atoms with Crippen molar-refractivity contribution in [1.29, 1.82) is 0 Å². The average Bonchev–Trinajstić information content (AvgIpc) is 2.94. The molecule has 2 atom stereocenters. The number of hydrogen-bond acceptors (Lipinski definition) is 6. The first-order chi connectivity index (χ1) is 10.8. The number of nitrogens with zero attached hydrogens (tertiary/aromatic N) is 3. The molecule has 6 rings (SSSR count). The highest BCUT2D eigenvalue weighted by atomic mass is 32.1. The Kier molecular flexibility index (Phi) is 2.85. The van der Waals surface area contributed by atoms with E-state index in [1.165, 1.54) is 47.2 Å². The summed E-state index contributed by atoms with van der Waals surface area (Å²) < 4.78 is 1.27. The average molecular weight is 315 g/mol. The summed E-state index contributed by atoms with van der Waals surface area (Å²) in [5.74, 6) is 1.53. The van der Waals surface area contributed by atoms with E-state index in [2.05, 4.69) is 20.2 Å². The third-order valence-corrected chi connectivity index (χ3v) is 6.69. The van der Waals surface area contributed by atoms with Crippen molar-refractivity contribution in [3.8, 4) is 0 Å². The lowest BCUT2D eigenvalue weighted by molar-refractivity contribution is 0.289. The van der Waals surface area contributed by atoms with Crippen molar-refractivity contribution < 1.29 is 0 Å². The van der Waals surface area contributed by atoms with Gasteiger partial charge in [0.25, 0.3) is 0 Å².